The summed E-state index contributed by atoms with van der Waals surface area (Å²) < 4.78 is 4.99. The molecule has 1 fully saturated rings. The highest BCUT2D eigenvalue weighted by Crippen LogP contribution is 2.22. The van der Waals surface area contributed by atoms with Gasteiger partial charge in [-0.05, 0) is 55.5 Å². The number of nitrogens with one attached hydrogen (secondary N) is 1. The van der Waals surface area contributed by atoms with Crippen LogP contribution in [0.1, 0.15) is 37.1 Å². The van der Waals surface area contributed by atoms with Gasteiger partial charge in [0.2, 0.25) is 0 Å². The van der Waals surface area contributed by atoms with Crippen LogP contribution in [0.15, 0.2) is 41.8 Å². The number of benzene rings is 1. The van der Waals surface area contributed by atoms with Crippen LogP contribution in [-0.4, -0.2) is 54.1 Å². The third-order valence-corrected chi connectivity index (χ3v) is 6.33. The molecule has 1 aliphatic heterocycles. The molecule has 0 aliphatic carbocycles. The summed E-state index contributed by atoms with van der Waals surface area (Å²) in [7, 11) is 0. The number of thiophene rings is 1. The van der Waals surface area contributed by atoms with Crippen LogP contribution in [0.3, 0.4) is 0 Å². The van der Waals surface area contributed by atoms with Crippen LogP contribution in [0.2, 0.25) is 0 Å². The standard InChI is InChI=1S/C23H31N3O3S/c1-3-25-13-11-20(12-14-25)26(17-21-6-5-15-30-21)23(28)24-19-9-7-18(8-10-19)16-22(27)29-4-2/h5-10,15,20H,3-4,11-14,16-17H2,1-2H3,(H,24,28). The molecule has 0 saturated carbocycles. The molecule has 1 aromatic heterocycles. The lowest BCUT2D eigenvalue weighted by Crippen LogP contribution is -2.48. The van der Waals surface area contributed by atoms with E-state index in [-0.39, 0.29) is 24.5 Å². The number of carbonyl (C=O) groups excluding carboxylic acids is 2. The summed E-state index contributed by atoms with van der Waals surface area (Å²) in [5, 5.41) is 5.09. The summed E-state index contributed by atoms with van der Waals surface area (Å²) >= 11 is 1.68. The number of anilines is 1. The van der Waals surface area contributed by atoms with E-state index in [1.54, 1.807) is 18.3 Å². The maximum Gasteiger partial charge on any atom is 0.322 e. The second-order valence-corrected chi connectivity index (χ2v) is 8.51. The minimum absolute atomic E-state index is 0.0727. The molecule has 3 rings (SSSR count). The fraction of sp³-hybridized carbons (Fsp3) is 0.478. The molecule has 0 atom stereocenters. The Hall–Kier alpha value is -2.38. The van der Waals surface area contributed by atoms with Crippen molar-refractivity contribution in [2.24, 2.45) is 0 Å². The van der Waals surface area contributed by atoms with Gasteiger partial charge in [-0.3, -0.25) is 4.79 Å². The van der Waals surface area contributed by atoms with Gasteiger partial charge in [-0.15, -0.1) is 11.3 Å². The van der Waals surface area contributed by atoms with Gasteiger partial charge in [-0.25, -0.2) is 4.79 Å². The number of rotatable bonds is 8. The third-order valence-electron chi connectivity index (χ3n) is 5.47. The van der Waals surface area contributed by atoms with E-state index in [1.165, 1.54) is 4.88 Å². The highest BCUT2D eigenvalue weighted by Gasteiger charge is 2.28. The molecule has 162 valence electrons. The fourth-order valence-electron chi connectivity index (χ4n) is 3.76. The van der Waals surface area contributed by atoms with Crippen molar-refractivity contribution < 1.29 is 14.3 Å². The summed E-state index contributed by atoms with van der Waals surface area (Å²) in [4.78, 5) is 30.4. The van der Waals surface area contributed by atoms with Gasteiger partial charge in [0.15, 0.2) is 0 Å². The minimum atomic E-state index is -0.241. The largest absolute Gasteiger partial charge is 0.466 e. The zero-order valence-corrected chi connectivity index (χ0v) is 18.6. The molecule has 2 amide bonds. The Balaban J connectivity index is 1.64. The highest BCUT2D eigenvalue weighted by molar-refractivity contribution is 7.09. The number of piperidine rings is 1. The number of hydrogen-bond acceptors (Lipinski definition) is 5. The molecule has 1 aliphatic rings. The molecule has 7 heteroatoms. The van der Waals surface area contributed by atoms with E-state index in [2.05, 4.69) is 23.2 Å². The van der Waals surface area contributed by atoms with E-state index in [0.29, 0.717) is 13.2 Å². The first-order chi connectivity index (χ1) is 14.6. The topological polar surface area (TPSA) is 61.9 Å². The van der Waals surface area contributed by atoms with Crippen molar-refractivity contribution in [2.45, 2.75) is 45.7 Å². The third kappa shape index (κ3) is 6.31. The van der Waals surface area contributed by atoms with Crippen molar-refractivity contribution in [1.82, 2.24) is 9.80 Å². The summed E-state index contributed by atoms with van der Waals surface area (Å²) in [6, 6.07) is 11.7. The van der Waals surface area contributed by atoms with Gasteiger partial charge in [0, 0.05) is 29.7 Å². The van der Waals surface area contributed by atoms with Crippen molar-refractivity contribution in [1.29, 1.82) is 0 Å². The first kappa shape index (κ1) is 22.3. The molecular formula is C23H31N3O3S. The van der Waals surface area contributed by atoms with E-state index < -0.39 is 0 Å². The van der Waals surface area contributed by atoms with Gasteiger partial charge in [-0.1, -0.05) is 25.1 Å². The molecule has 30 heavy (non-hydrogen) atoms. The number of esters is 1. The number of likely N-dealkylation sites (tertiary alicyclic amines) is 1. The maximum atomic E-state index is 13.2. The van der Waals surface area contributed by atoms with Crippen LogP contribution < -0.4 is 5.32 Å². The Kier molecular flexibility index (Phi) is 8.28. The Labute approximate surface area is 182 Å². The highest BCUT2D eigenvalue weighted by atomic mass is 32.1. The molecule has 0 spiro atoms. The van der Waals surface area contributed by atoms with Crippen LogP contribution in [0.5, 0.6) is 0 Å². The second-order valence-electron chi connectivity index (χ2n) is 7.48. The summed E-state index contributed by atoms with van der Waals surface area (Å²) in [5.41, 5.74) is 1.60. The number of hydrogen-bond donors (Lipinski definition) is 1. The quantitative estimate of drug-likeness (QED) is 0.633. The lowest BCUT2D eigenvalue weighted by Gasteiger charge is -2.38. The molecule has 1 N–H and O–H groups in total. The predicted molar refractivity (Wildman–Crippen MR) is 121 cm³/mol. The van der Waals surface area contributed by atoms with Gasteiger partial charge in [0.05, 0.1) is 19.6 Å². The second kappa shape index (κ2) is 11.1. The number of ether oxygens (including phenoxy) is 1. The van der Waals surface area contributed by atoms with Crippen LogP contribution in [0.25, 0.3) is 0 Å². The normalized spacial score (nSPS) is 15.0. The molecule has 2 aromatic rings. The van der Waals surface area contributed by atoms with Crippen molar-refractivity contribution in [3.63, 3.8) is 0 Å². The lowest BCUT2D eigenvalue weighted by atomic mass is 10.0. The van der Waals surface area contributed by atoms with Crippen LogP contribution in [0, 0.1) is 0 Å². The average molecular weight is 430 g/mol. The maximum absolute atomic E-state index is 13.2. The van der Waals surface area contributed by atoms with E-state index in [0.717, 1.165) is 43.7 Å². The zero-order valence-electron chi connectivity index (χ0n) is 17.8. The van der Waals surface area contributed by atoms with Gasteiger partial charge < -0.3 is 19.9 Å². The van der Waals surface area contributed by atoms with Gasteiger partial charge in [0.1, 0.15) is 0 Å². The number of carbonyl (C=O) groups is 2. The average Bonchev–Trinajstić information content (AvgIpc) is 3.27. The summed E-state index contributed by atoms with van der Waals surface area (Å²) in [5.74, 6) is -0.241. The molecule has 0 unspecified atom stereocenters. The molecule has 6 nitrogen and oxygen atoms in total. The molecule has 1 saturated heterocycles. The SMILES string of the molecule is CCOC(=O)Cc1ccc(NC(=O)N(Cc2cccs2)C2CCN(CC)CC2)cc1. The Morgan fingerprint density at radius 3 is 2.50 bits per heavy atom. The van der Waals surface area contributed by atoms with Crippen molar-refractivity contribution >= 4 is 29.0 Å². The van der Waals surface area contributed by atoms with Crippen molar-refractivity contribution in [3.8, 4) is 0 Å². The summed E-state index contributed by atoms with van der Waals surface area (Å²) in [6.45, 7) is 8.09. The number of urea groups is 1. The minimum Gasteiger partial charge on any atom is -0.466 e. The number of amides is 2. The van der Waals surface area contributed by atoms with Crippen LogP contribution in [0.4, 0.5) is 10.5 Å². The molecule has 1 aromatic carbocycles. The lowest BCUT2D eigenvalue weighted by molar-refractivity contribution is -0.142. The molecule has 0 radical (unpaired) electrons. The zero-order chi connectivity index (χ0) is 21.3. The number of nitrogens with zero attached hydrogens (tertiary/aromatic N) is 2. The van der Waals surface area contributed by atoms with Crippen molar-refractivity contribution in [2.75, 3.05) is 31.6 Å². The smallest absolute Gasteiger partial charge is 0.322 e. The molecule has 2 heterocycles. The molecule has 0 bridgehead atoms. The van der Waals surface area contributed by atoms with E-state index in [9.17, 15) is 9.59 Å². The van der Waals surface area contributed by atoms with Gasteiger partial charge >= 0.3 is 12.0 Å². The first-order valence-corrected chi connectivity index (χ1v) is 11.5. The Morgan fingerprint density at radius 2 is 1.90 bits per heavy atom. The van der Waals surface area contributed by atoms with E-state index >= 15 is 0 Å². The van der Waals surface area contributed by atoms with Gasteiger partial charge in [-0.2, -0.15) is 0 Å². The van der Waals surface area contributed by atoms with Gasteiger partial charge in [0.25, 0.3) is 0 Å². The van der Waals surface area contributed by atoms with Crippen LogP contribution in [-0.2, 0) is 22.5 Å². The monoisotopic (exact) mass is 429 g/mol. The first-order valence-electron chi connectivity index (χ1n) is 10.7. The Morgan fingerprint density at radius 1 is 1.17 bits per heavy atom. The Bertz CT molecular complexity index is 800. The van der Waals surface area contributed by atoms with E-state index in [4.69, 9.17) is 4.74 Å². The van der Waals surface area contributed by atoms with Crippen LogP contribution >= 0.6 is 11.3 Å². The molecular weight excluding hydrogens is 398 g/mol. The summed E-state index contributed by atoms with van der Waals surface area (Å²) in [6.07, 6.45) is 2.22. The van der Waals surface area contributed by atoms with Crippen molar-refractivity contribution in [3.05, 3.63) is 52.2 Å². The predicted octanol–water partition coefficient (Wildman–Crippen LogP) is 4.37. The fourth-order valence-corrected chi connectivity index (χ4v) is 4.47. The van der Waals surface area contributed by atoms with E-state index in [1.807, 2.05) is 40.6 Å².